The van der Waals surface area contributed by atoms with E-state index in [9.17, 15) is 23.3 Å². The first kappa shape index (κ1) is 22.4. The zero-order valence-corrected chi connectivity index (χ0v) is 18.6. The molecule has 0 saturated heterocycles. The molecule has 8 nitrogen and oxygen atoms in total. The van der Waals surface area contributed by atoms with E-state index in [1.165, 1.54) is 16.4 Å². The molecule has 0 radical (unpaired) electrons. The van der Waals surface area contributed by atoms with Gasteiger partial charge in [0, 0.05) is 36.3 Å². The minimum absolute atomic E-state index is 0.0333. The van der Waals surface area contributed by atoms with E-state index in [-0.39, 0.29) is 29.2 Å². The molecule has 1 heterocycles. The second kappa shape index (κ2) is 8.97. The number of aryl methyl sites for hydroxylation is 1. The number of benzene rings is 3. The Balaban J connectivity index is 1.76. The second-order valence-corrected chi connectivity index (χ2v) is 9.66. The first-order chi connectivity index (χ1) is 15.7. The van der Waals surface area contributed by atoms with E-state index in [2.05, 4.69) is 4.98 Å². The molecule has 0 amide bonds. The number of nitro groups is 1. The van der Waals surface area contributed by atoms with Gasteiger partial charge in [-0.1, -0.05) is 42.5 Å². The average Bonchev–Trinajstić information content (AvgIpc) is 2.80. The Labute approximate surface area is 190 Å². The molecule has 0 unspecified atom stereocenters. The van der Waals surface area contributed by atoms with E-state index in [1.54, 1.807) is 30.3 Å². The smallest absolute Gasteiger partial charge is 0.269 e. The van der Waals surface area contributed by atoms with Crippen LogP contribution in [-0.4, -0.2) is 22.6 Å². The highest BCUT2D eigenvalue weighted by Crippen LogP contribution is 2.23. The first-order valence-electron chi connectivity index (χ1n) is 10.1. The summed E-state index contributed by atoms with van der Waals surface area (Å²) in [4.78, 5) is 25.9. The lowest BCUT2D eigenvalue weighted by atomic mass is 10.1. The van der Waals surface area contributed by atoms with Gasteiger partial charge in [-0.25, -0.2) is 8.42 Å². The standard InChI is InChI=1S/C24H21N3O5S/c1-17-7-8-19-14-20(24(28)25-23(19)13-17)16-26(15-18-5-3-2-4-6-18)33(31,32)22-11-9-21(10-12-22)27(29)30/h2-14H,15-16H2,1H3,(H,25,28). The highest BCUT2D eigenvalue weighted by atomic mass is 32.2. The van der Waals surface area contributed by atoms with Crippen molar-refractivity contribution in [3.05, 3.63) is 116 Å². The summed E-state index contributed by atoms with van der Waals surface area (Å²) >= 11 is 0. The summed E-state index contributed by atoms with van der Waals surface area (Å²) in [6.07, 6.45) is 0. The van der Waals surface area contributed by atoms with Crippen molar-refractivity contribution < 1.29 is 13.3 Å². The summed E-state index contributed by atoms with van der Waals surface area (Å²) < 4.78 is 28.2. The van der Waals surface area contributed by atoms with Crippen molar-refractivity contribution in [2.24, 2.45) is 0 Å². The minimum atomic E-state index is -4.06. The molecule has 0 saturated carbocycles. The van der Waals surface area contributed by atoms with Gasteiger partial charge in [0.05, 0.1) is 9.82 Å². The number of fused-ring (bicyclic) bond motifs is 1. The van der Waals surface area contributed by atoms with Crippen LogP contribution in [0.15, 0.2) is 88.6 Å². The minimum Gasteiger partial charge on any atom is -0.322 e. The van der Waals surface area contributed by atoms with Crippen LogP contribution >= 0.6 is 0 Å². The molecule has 0 fully saturated rings. The van der Waals surface area contributed by atoms with Crippen molar-refractivity contribution in [2.75, 3.05) is 0 Å². The molecule has 3 aromatic carbocycles. The maximum absolute atomic E-state index is 13.5. The number of nitro benzene ring substituents is 1. The molecule has 4 rings (SSSR count). The number of hydrogen-bond donors (Lipinski definition) is 1. The molecule has 0 aliphatic rings. The van der Waals surface area contributed by atoms with E-state index in [0.717, 1.165) is 28.6 Å². The summed E-state index contributed by atoms with van der Waals surface area (Å²) in [6, 6.07) is 21.1. The third-order valence-electron chi connectivity index (χ3n) is 5.31. The number of nitrogens with one attached hydrogen (secondary N) is 1. The maximum Gasteiger partial charge on any atom is 0.269 e. The molecular weight excluding hydrogens is 442 g/mol. The van der Waals surface area contributed by atoms with Gasteiger partial charge >= 0.3 is 0 Å². The van der Waals surface area contributed by atoms with Crippen LogP contribution in [-0.2, 0) is 23.1 Å². The largest absolute Gasteiger partial charge is 0.322 e. The summed E-state index contributed by atoms with van der Waals surface area (Å²) in [7, 11) is -4.06. The van der Waals surface area contributed by atoms with Gasteiger partial charge < -0.3 is 4.98 Å². The Morgan fingerprint density at radius 1 is 0.939 bits per heavy atom. The number of aromatic nitrogens is 1. The van der Waals surface area contributed by atoms with Crippen molar-refractivity contribution >= 4 is 26.6 Å². The van der Waals surface area contributed by atoms with Gasteiger partial charge in [0.1, 0.15) is 0 Å². The van der Waals surface area contributed by atoms with Crippen LogP contribution < -0.4 is 5.56 Å². The Kier molecular flexibility index (Phi) is 6.08. The van der Waals surface area contributed by atoms with Gasteiger partial charge in [-0.15, -0.1) is 0 Å². The molecule has 0 spiro atoms. The predicted octanol–water partition coefficient (Wildman–Crippen LogP) is 4.14. The summed E-state index contributed by atoms with van der Waals surface area (Å²) in [6.45, 7) is 1.79. The lowest BCUT2D eigenvalue weighted by molar-refractivity contribution is -0.384. The van der Waals surface area contributed by atoms with Crippen LogP contribution in [0.2, 0.25) is 0 Å². The Morgan fingerprint density at radius 2 is 1.64 bits per heavy atom. The third kappa shape index (κ3) is 4.84. The monoisotopic (exact) mass is 463 g/mol. The Bertz CT molecular complexity index is 1480. The van der Waals surface area contributed by atoms with Gasteiger partial charge in [-0.2, -0.15) is 4.31 Å². The third-order valence-corrected chi connectivity index (χ3v) is 7.12. The fourth-order valence-corrected chi connectivity index (χ4v) is 4.98. The molecule has 33 heavy (non-hydrogen) atoms. The van der Waals surface area contributed by atoms with Crippen LogP contribution in [0, 0.1) is 17.0 Å². The SMILES string of the molecule is Cc1ccc2cc(CN(Cc3ccccc3)S(=O)(=O)c3ccc([N+](=O)[O-])cc3)c(=O)[nH]c2c1. The summed E-state index contributed by atoms with van der Waals surface area (Å²) in [5.74, 6) is 0. The highest BCUT2D eigenvalue weighted by molar-refractivity contribution is 7.89. The average molecular weight is 464 g/mol. The number of sulfonamides is 1. The van der Waals surface area contributed by atoms with Crippen molar-refractivity contribution in [1.82, 2.24) is 9.29 Å². The number of rotatable bonds is 7. The summed E-state index contributed by atoms with van der Waals surface area (Å²) in [5.41, 5.74) is 2.15. The zero-order chi connectivity index (χ0) is 23.6. The van der Waals surface area contributed by atoms with E-state index >= 15 is 0 Å². The van der Waals surface area contributed by atoms with E-state index in [4.69, 9.17) is 0 Å². The maximum atomic E-state index is 13.5. The van der Waals surface area contributed by atoms with Crippen molar-refractivity contribution in [1.29, 1.82) is 0 Å². The van der Waals surface area contributed by atoms with Gasteiger partial charge in [0.15, 0.2) is 0 Å². The van der Waals surface area contributed by atoms with Gasteiger partial charge in [0.25, 0.3) is 11.2 Å². The molecule has 168 valence electrons. The lowest BCUT2D eigenvalue weighted by Gasteiger charge is -2.22. The second-order valence-electron chi connectivity index (χ2n) is 7.72. The number of hydrogen-bond acceptors (Lipinski definition) is 5. The van der Waals surface area contributed by atoms with Crippen LogP contribution in [0.25, 0.3) is 10.9 Å². The molecule has 1 aromatic heterocycles. The predicted molar refractivity (Wildman–Crippen MR) is 125 cm³/mol. The van der Waals surface area contributed by atoms with Gasteiger partial charge in [-0.05, 0) is 47.7 Å². The van der Waals surface area contributed by atoms with Crippen molar-refractivity contribution in [2.45, 2.75) is 24.9 Å². The Hall–Kier alpha value is -3.82. The number of H-pyrrole nitrogens is 1. The summed E-state index contributed by atoms with van der Waals surface area (Å²) in [5, 5.41) is 11.7. The molecule has 0 aliphatic heterocycles. The topological polar surface area (TPSA) is 113 Å². The quantitative estimate of drug-likeness (QED) is 0.327. The number of non-ortho nitro benzene ring substituents is 1. The van der Waals surface area contributed by atoms with Crippen LogP contribution in [0.4, 0.5) is 5.69 Å². The van der Waals surface area contributed by atoms with Crippen molar-refractivity contribution in [3.63, 3.8) is 0 Å². The molecular formula is C24H21N3O5S. The molecule has 0 bridgehead atoms. The van der Waals surface area contributed by atoms with Gasteiger partial charge in [-0.3, -0.25) is 14.9 Å². The molecule has 1 N–H and O–H groups in total. The van der Waals surface area contributed by atoms with Crippen LogP contribution in [0.1, 0.15) is 16.7 Å². The Morgan fingerprint density at radius 3 is 2.30 bits per heavy atom. The lowest BCUT2D eigenvalue weighted by Crippen LogP contribution is -2.32. The molecule has 4 aromatic rings. The van der Waals surface area contributed by atoms with Crippen LogP contribution in [0.3, 0.4) is 0 Å². The van der Waals surface area contributed by atoms with Crippen molar-refractivity contribution in [3.8, 4) is 0 Å². The van der Waals surface area contributed by atoms with E-state index in [0.29, 0.717) is 11.1 Å². The molecule has 9 heteroatoms. The van der Waals surface area contributed by atoms with Gasteiger partial charge in [0.2, 0.25) is 10.0 Å². The van der Waals surface area contributed by atoms with E-state index < -0.39 is 14.9 Å². The number of pyridine rings is 1. The number of aromatic amines is 1. The zero-order valence-electron chi connectivity index (χ0n) is 17.8. The first-order valence-corrected chi connectivity index (χ1v) is 11.6. The molecule has 0 aliphatic carbocycles. The highest BCUT2D eigenvalue weighted by Gasteiger charge is 2.26. The fraction of sp³-hybridized carbons (Fsp3) is 0.125. The normalized spacial score (nSPS) is 11.7. The van der Waals surface area contributed by atoms with Crippen LogP contribution in [0.5, 0.6) is 0 Å². The molecule has 0 atom stereocenters. The number of nitrogens with zero attached hydrogens (tertiary/aromatic N) is 2. The fourth-order valence-electron chi connectivity index (χ4n) is 3.57. The van der Waals surface area contributed by atoms with E-state index in [1.807, 2.05) is 31.2 Å².